The highest BCUT2D eigenvalue weighted by atomic mass is 35.5. The van der Waals surface area contributed by atoms with E-state index in [-0.39, 0.29) is 12.4 Å². The molecule has 1 aromatic rings. The molecule has 1 aliphatic rings. The summed E-state index contributed by atoms with van der Waals surface area (Å²) >= 11 is 12.4. The zero-order valence-electron chi connectivity index (χ0n) is 10.2. The summed E-state index contributed by atoms with van der Waals surface area (Å²) in [6.07, 6.45) is 2.45. The van der Waals surface area contributed by atoms with Crippen molar-refractivity contribution in [2.45, 2.75) is 19.4 Å². The Bertz CT molecular complexity index is 364. The molecule has 0 aromatic heterocycles. The molecule has 1 atom stereocenters. The molecule has 0 amide bonds. The number of nitrogens with zero attached hydrogens (tertiary/aromatic N) is 1. The van der Waals surface area contributed by atoms with Gasteiger partial charge in [-0.1, -0.05) is 29.3 Å². The van der Waals surface area contributed by atoms with E-state index in [4.69, 9.17) is 28.9 Å². The summed E-state index contributed by atoms with van der Waals surface area (Å²) in [6, 6.07) is 5.67. The van der Waals surface area contributed by atoms with Gasteiger partial charge in [0.1, 0.15) is 0 Å². The lowest BCUT2D eigenvalue weighted by Crippen LogP contribution is -2.37. The van der Waals surface area contributed by atoms with Crippen LogP contribution < -0.4 is 5.73 Å². The van der Waals surface area contributed by atoms with Crippen molar-refractivity contribution in [3.05, 3.63) is 33.8 Å². The maximum atomic E-state index is 6.18. The summed E-state index contributed by atoms with van der Waals surface area (Å²) in [4.78, 5) is 2.40. The topological polar surface area (TPSA) is 29.3 Å². The minimum Gasteiger partial charge on any atom is -0.330 e. The summed E-state index contributed by atoms with van der Waals surface area (Å²) in [7, 11) is 0. The average molecular weight is 310 g/mol. The van der Waals surface area contributed by atoms with E-state index < -0.39 is 0 Å². The van der Waals surface area contributed by atoms with E-state index >= 15 is 0 Å². The number of likely N-dealkylation sites (tertiary alicyclic amines) is 1. The number of hydrogen-bond donors (Lipinski definition) is 1. The van der Waals surface area contributed by atoms with Gasteiger partial charge in [-0.3, -0.25) is 4.90 Å². The normalized spacial score (nSPS) is 20.5. The molecule has 1 aromatic carbocycles. The lowest BCUT2D eigenvalue weighted by atomic mass is 9.98. The molecule has 0 radical (unpaired) electrons. The van der Waals surface area contributed by atoms with Crippen LogP contribution in [0.1, 0.15) is 18.4 Å². The predicted octanol–water partition coefficient (Wildman–Crippen LogP) is 3.59. The molecule has 2 nitrogen and oxygen atoms in total. The number of nitrogens with two attached hydrogens (primary N) is 1. The first-order valence-corrected chi connectivity index (χ1v) is 6.81. The summed E-state index contributed by atoms with van der Waals surface area (Å²) in [5.74, 6) is 0.616. The number of hydrogen-bond acceptors (Lipinski definition) is 2. The molecule has 1 fully saturated rings. The van der Waals surface area contributed by atoms with Crippen molar-refractivity contribution in [1.29, 1.82) is 0 Å². The van der Waals surface area contributed by atoms with Gasteiger partial charge in [0.15, 0.2) is 0 Å². The van der Waals surface area contributed by atoms with Crippen LogP contribution in [0.2, 0.25) is 10.0 Å². The second-order valence-corrected chi connectivity index (χ2v) is 5.49. The van der Waals surface area contributed by atoms with Crippen LogP contribution in [-0.4, -0.2) is 24.5 Å². The van der Waals surface area contributed by atoms with Gasteiger partial charge in [0, 0.05) is 28.7 Å². The van der Waals surface area contributed by atoms with Gasteiger partial charge in [-0.25, -0.2) is 0 Å². The fourth-order valence-electron chi connectivity index (χ4n) is 2.39. The van der Waals surface area contributed by atoms with Crippen molar-refractivity contribution in [3.8, 4) is 0 Å². The first-order chi connectivity index (χ1) is 8.20. The molecule has 18 heavy (non-hydrogen) atoms. The molecule has 0 aliphatic carbocycles. The largest absolute Gasteiger partial charge is 0.330 e. The number of piperidine rings is 1. The van der Waals surface area contributed by atoms with Crippen molar-refractivity contribution in [2.24, 2.45) is 11.7 Å². The van der Waals surface area contributed by atoms with Gasteiger partial charge < -0.3 is 5.73 Å². The highest BCUT2D eigenvalue weighted by Crippen LogP contribution is 2.27. The first kappa shape index (κ1) is 16.1. The minimum atomic E-state index is 0. The predicted molar refractivity (Wildman–Crippen MR) is 80.8 cm³/mol. The van der Waals surface area contributed by atoms with Crippen LogP contribution in [0.4, 0.5) is 0 Å². The second-order valence-electron chi connectivity index (χ2n) is 4.68. The Morgan fingerprint density at radius 1 is 1.28 bits per heavy atom. The minimum absolute atomic E-state index is 0. The van der Waals surface area contributed by atoms with Crippen molar-refractivity contribution < 1.29 is 0 Å². The van der Waals surface area contributed by atoms with Crippen molar-refractivity contribution in [3.63, 3.8) is 0 Å². The third-order valence-electron chi connectivity index (χ3n) is 3.38. The Balaban J connectivity index is 0.00000162. The zero-order chi connectivity index (χ0) is 12.3. The third-order valence-corrected chi connectivity index (χ3v) is 4.09. The van der Waals surface area contributed by atoms with E-state index in [0.717, 1.165) is 41.8 Å². The summed E-state index contributed by atoms with van der Waals surface area (Å²) in [5, 5.41) is 1.51. The van der Waals surface area contributed by atoms with E-state index in [1.54, 1.807) is 0 Å². The van der Waals surface area contributed by atoms with Crippen molar-refractivity contribution >= 4 is 35.6 Å². The Kier molecular flexibility index (Phi) is 6.75. The van der Waals surface area contributed by atoms with E-state index in [9.17, 15) is 0 Å². The lowest BCUT2D eigenvalue weighted by Gasteiger charge is -2.32. The van der Waals surface area contributed by atoms with Gasteiger partial charge >= 0.3 is 0 Å². The van der Waals surface area contributed by atoms with Gasteiger partial charge in [-0.05, 0) is 44.0 Å². The van der Waals surface area contributed by atoms with Crippen LogP contribution in [0.3, 0.4) is 0 Å². The van der Waals surface area contributed by atoms with Crippen LogP contribution in [0, 0.1) is 5.92 Å². The van der Waals surface area contributed by atoms with E-state index in [1.807, 2.05) is 18.2 Å². The van der Waals surface area contributed by atoms with Crippen molar-refractivity contribution in [2.75, 3.05) is 19.6 Å². The van der Waals surface area contributed by atoms with Crippen LogP contribution in [0.5, 0.6) is 0 Å². The number of rotatable bonds is 3. The fourth-order valence-corrected chi connectivity index (χ4v) is 2.91. The van der Waals surface area contributed by atoms with Gasteiger partial charge in [0.25, 0.3) is 0 Å². The van der Waals surface area contributed by atoms with Gasteiger partial charge in [0.2, 0.25) is 0 Å². The number of benzene rings is 1. The van der Waals surface area contributed by atoms with Crippen molar-refractivity contribution in [1.82, 2.24) is 4.90 Å². The number of halogens is 3. The standard InChI is InChI=1S/C13H18Cl2N2.ClH/c14-12-4-1-5-13(15)11(12)9-17-6-2-3-10(7-16)8-17;/h1,4-5,10H,2-3,6-9,16H2;1H. The molecule has 102 valence electrons. The smallest absolute Gasteiger partial charge is 0.0465 e. The molecule has 0 spiro atoms. The zero-order valence-corrected chi connectivity index (χ0v) is 12.6. The maximum Gasteiger partial charge on any atom is 0.0465 e. The fraction of sp³-hybridized carbons (Fsp3) is 0.538. The Hall–Kier alpha value is 0.01000. The molecule has 2 rings (SSSR count). The summed E-state index contributed by atoms with van der Waals surface area (Å²) in [6.45, 7) is 3.76. The van der Waals surface area contributed by atoms with Crippen LogP contribution in [0.15, 0.2) is 18.2 Å². The highest BCUT2D eigenvalue weighted by Gasteiger charge is 2.20. The molecule has 2 N–H and O–H groups in total. The molecule has 1 heterocycles. The molecule has 1 saturated heterocycles. The monoisotopic (exact) mass is 308 g/mol. The molecule has 1 aliphatic heterocycles. The maximum absolute atomic E-state index is 6.18. The third kappa shape index (κ3) is 4.01. The van der Waals surface area contributed by atoms with E-state index in [1.165, 1.54) is 12.8 Å². The first-order valence-electron chi connectivity index (χ1n) is 6.06. The second kappa shape index (κ2) is 7.56. The quantitative estimate of drug-likeness (QED) is 0.924. The Labute approximate surface area is 125 Å². The highest BCUT2D eigenvalue weighted by molar-refractivity contribution is 6.35. The van der Waals surface area contributed by atoms with Crippen LogP contribution >= 0.6 is 35.6 Å². The SMILES string of the molecule is Cl.NCC1CCCN(Cc2c(Cl)cccc2Cl)C1. The van der Waals surface area contributed by atoms with Crippen LogP contribution in [0.25, 0.3) is 0 Å². The average Bonchev–Trinajstić information content (AvgIpc) is 2.34. The Morgan fingerprint density at radius 2 is 1.94 bits per heavy atom. The lowest BCUT2D eigenvalue weighted by molar-refractivity contribution is 0.171. The summed E-state index contributed by atoms with van der Waals surface area (Å²) in [5.41, 5.74) is 6.78. The van der Waals surface area contributed by atoms with Gasteiger partial charge in [-0.2, -0.15) is 0 Å². The Morgan fingerprint density at radius 3 is 2.56 bits per heavy atom. The van der Waals surface area contributed by atoms with E-state index in [2.05, 4.69) is 4.90 Å². The van der Waals surface area contributed by atoms with Gasteiger partial charge in [-0.15, -0.1) is 12.4 Å². The molecule has 0 bridgehead atoms. The molecule has 0 saturated carbocycles. The molecular formula is C13H19Cl3N2. The van der Waals surface area contributed by atoms with Gasteiger partial charge in [0.05, 0.1) is 0 Å². The molecule has 5 heteroatoms. The molecule has 1 unspecified atom stereocenters. The molecular weight excluding hydrogens is 291 g/mol. The van der Waals surface area contributed by atoms with Crippen LogP contribution in [-0.2, 0) is 6.54 Å². The summed E-state index contributed by atoms with van der Waals surface area (Å²) < 4.78 is 0. The van der Waals surface area contributed by atoms with E-state index in [0.29, 0.717) is 5.92 Å².